The maximum Gasteiger partial charge on any atom is 0.351 e. The summed E-state index contributed by atoms with van der Waals surface area (Å²) in [5.41, 5.74) is -0.488. The molecule has 4 aromatic rings. The van der Waals surface area contributed by atoms with Gasteiger partial charge in [-0.05, 0) is 42.5 Å². The summed E-state index contributed by atoms with van der Waals surface area (Å²) in [4.78, 5) is 36.7. The van der Waals surface area contributed by atoms with Crippen LogP contribution in [-0.2, 0) is 0 Å². The van der Waals surface area contributed by atoms with Crippen LogP contribution in [0.1, 0.15) is 20.7 Å². The molecule has 29 heavy (non-hydrogen) atoms. The van der Waals surface area contributed by atoms with E-state index in [-0.39, 0.29) is 16.9 Å². The number of hydrogen-bond donors (Lipinski definition) is 0. The van der Waals surface area contributed by atoms with Gasteiger partial charge in [-0.2, -0.15) is 0 Å². The zero-order valence-corrected chi connectivity index (χ0v) is 15.0. The Morgan fingerprint density at radius 2 is 1.34 bits per heavy atom. The van der Waals surface area contributed by atoms with E-state index in [2.05, 4.69) is 0 Å². The number of carbonyl (C=O) groups excluding carboxylic acids is 2. The molecule has 0 aliphatic carbocycles. The Balaban J connectivity index is 1.59. The van der Waals surface area contributed by atoms with Crippen LogP contribution in [0.25, 0.3) is 11.0 Å². The molecule has 3 aromatic carbocycles. The van der Waals surface area contributed by atoms with E-state index < -0.39 is 17.6 Å². The molecule has 0 aliphatic heterocycles. The van der Waals surface area contributed by atoms with Gasteiger partial charge in [0.2, 0.25) is 0 Å². The van der Waals surface area contributed by atoms with E-state index >= 15 is 0 Å². The fourth-order valence-electron chi connectivity index (χ4n) is 2.69. The minimum absolute atomic E-state index is 0.185. The molecule has 0 atom stereocenters. The van der Waals surface area contributed by atoms with Gasteiger partial charge in [0.1, 0.15) is 22.6 Å². The lowest BCUT2D eigenvalue weighted by atomic mass is 10.2. The first-order valence-electron chi connectivity index (χ1n) is 8.72. The standard InChI is InChI=1S/C23H14O6/c24-21(15-7-3-1-4-8-15)28-18-12-11-16-13-19(23(26)29-20(16)14-18)22(25)27-17-9-5-2-6-10-17/h1-14H. The monoisotopic (exact) mass is 386 g/mol. The van der Waals surface area contributed by atoms with Crippen LogP contribution in [0.2, 0.25) is 0 Å². The Labute approximate surface area is 164 Å². The van der Waals surface area contributed by atoms with E-state index in [1.54, 1.807) is 72.8 Å². The van der Waals surface area contributed by atoms with Crippen molar-refractivity contribution in [2.45, 2.75) is 0 Å². The zero-order chi connectivity index (χ0) is 20.2. The minimum Gasteiger partial charge on any atom is -0.423 e. The van der Waals surface area contributed by atoms with Gasteiger partial charge in [0.05, 0.1) is 5.56 Å². The summed E-state index contributed by atoms with van der Waals surface area (Å²) in [5, 5.41) is 0.490. The lowest BCUT2D eigenvalue weighted by Gasteiger charge is -2.06. The van der Waals surface area contributed by atoms with Crippen molar-refractivity contribution in [1.29, 1.82) is 0 Å². The number of esters is 2. The largest absolute Gasteiger partial charge is 0.423 e. The van der Waals surface area contributed by atoms with Gasteiger partial charge in [-0.15, -0.1) is 0 Å². The Morgan fingerprint density at radius 1 is 0.690 bits per heavy atom. The average Bonchev–Trinajstić information content (AvgIpc) is 2.74. The van der Waals surface area contributed by atoms with Crippen molar-refractivity contribution in [3.05, 3.63) is 106 Å². The zero-order valence-electron chi connectivity index (χ0n) is 15.0. The minimum atomic E-state index is -0.843. The second-order valence-corrected chi connectivity index (χ2v) is 6.11. The maximum absolute atomic E-state index is 12.3. The number of hydrogen-bond acceptors (Lipinski definition) is 6. The van der Waals surface area contributed by atoms with Crippen molar-refractivity contribution in [2.24, 2.45) is 0 Å². The molecule has 1 aromatic heterocycles. The molecule has 0 fully saturated rings. The molecule has 0 aliphatic rings. The molecule has 0 amide bonds. The normalized spacial score (nSPS) is 10.5. The van der Waals surface area contributed by atoms with Gasteiger partial charge < -0.3 is 13.9 Å². The fraction of sp³-hybridized carbons (Fsp3) is 0. The van der Waals surface area contributed by atoms with Crippen LogP contribution in [0.4, 0.5) is 0 Å². The molecule has 0 unspecified atom stereocenters. The third-order valence-corrected chi connectivity index (χ3v) is 4.10. The topological polar surface area (TPSA) is 82.8 Å². The number of carbonyl (C=O) groups is 2. The van der Waals surface area contributed by atoms with E-state index in [4.69, 9.17) is 13.9 Å². The van der Waals surface area contributed by atoms with Gasteiger partial charge in [0.15, 0.2) is 0 Å². The van der Waals surface area contributed by atoms with E-state index in [9.17, 15) is 14.4 Å². The summed E-state index contributed by atoms with van der Waals surface area (Å²) in [5.74, 6) is -0.809. The van der Waals surface area contributed by atoms with Gasteiger partial charge in [0.25, 0.3) is 0 Å². The summed E-state index contributed by atoms with van der Waals surface area (Å²) < 4.78 is 15.7. The van der Waals surface area contributed by atoms with Gasteiger partial charge in [-0.3, -0.25) is 0 Å². The quantitative estimate of drug-likeness (QED) is 0.297. The highest BCUT2D eigenvalue weighted by atomic mass is 16.5. The smallest absolute Gasteiger partial charge is 0.351 e. The van der Waals surface area contributed by atoms with Crippen molar-refractivity contribution >= 4 is 22.9 Å². The molecule has 6 heteroatoms. The highest BCUT2D eigenvalue weighted by molar-refractivity contribution is 5.95. The Hall–Kier alpha value is -4.19. The number of rotatable bonds is 4. The SMILES string of the molecule is O=C(Oc1ccc2cc(C(=O)Oc3ccccc3)c(=O)oc2c1)c1ccccc1. The summed E-state index contributed by atoms with van der Waals surface area (Å²) in [6.45, 7) is 0. The Kier molecular flexibility index (Phi) is 4.90. The third-order valence-electron chi connectivity index (χ3n) is 4.10. The predicted molar refractivity (Wildman–Crippen MR) is 105 cm³/mol. The van der Waals surface area contributed by atoms with Crippen LogP contribution in [0.5, 0.6) is 11.5 Å². The number of fused-ring (bicyclic) bond motifs is 1. The molecule has 0 radical (unpaired) electrons. The van der Waals surface area contributed by atoms with Crippen LogP contribution in [0, 0.1) is 0 Å². The van der Waals surface area contributed by atoms with Gasteiger partial charge in [-0.1, -0.05) is 36.4 Å². The van der Waals surface area contributed by atoms with E-state index in [1.807, 2.05) is 0 Å². The van der Waals surface area contributed by atoms with Crippen LogP contribution >= 0.6 is 0 Å². The first-order valence-corrected chi connectivity index (χ1v) is 8.72. The molecule has 0 saturated carbocycles. The fourth-order valence-corrected chi connectivity index (χ4v) is 2.69. The first kappa shape index (κ1) is 18.2. The van der Waals surface area contributed by atoms with Gasteiger partial charge in [-0.25, -0.2) is 14.4 Å². The summed E-state index contributed by atoms with van der Waals surface area (Å²) in [7, 11) is 0. The molecule has 0 spiro atoms. The van der Waals surface area contributed by atoms with Gasteiger partial charge in [0, 0.05) is 11.5 Å². The molecule has 142 valence electrons. The van der Waals surface area contributed by atoms with Crippen LogP contribution in [0.3, 0.4) is 0 Å². The molecular formula is C23H14O6. The first-order chi connectivity index (χ1) is 14.1. The van der Waals surface area contributed by atoms with E-state index in [1.165, 1.54) is 12.1 Å². The number of ether oxygens (including phenoxy) is 2. The van der Waals surface area contributed by atoms with Crippen LogP contribution < -0.4 is 15.1 Å². The maximum atomic E-state index is 12.3. The Morgan fingerprint density at radius 3 is 2.07 bits per heavy atom. The van der Waals surface area contributed by atoms with Crippen LogP contribution in [0.15, 0.2) is 94.1 Å². The number of para-hydroxylation sites is 1. The second kappa shape index (κ2) is 7.82. The molecule has 0 N–H and O–H groups in total. The average molecular weight is 386 g/mol. The highest BCUT2D eigenvalue weighted by Gasteiger charge is 2.17. The third kappa shape index (κ3) is 4.06. The number of benzene rings is 3. The summed E-state index contributed by atoms with van der Waals surface area (Å²) in [6.07, 6.45) is 0. The molecule has 4 rings (SSSR count). The summed E-state index contributed by atoms with van der Waals surface area (Å²) >= 11 is 0. The molecule has 6 nitrogen and oxygen atoms in total. The molecule has 1 heterocycles. The van der Waals surface area contributed by atoms with Crippen molar-refractivity contribution in [3.63, 3.8) is 0 Å². The lowest BCUT2D eigenvalue weighted by molar-refractivity contribution is 0.0724. The van der Waals surface area contributed by atoms with Crippen LogP contribution in [-0.4, -0.2) is 11.9 Å². The van der Waals surface area contributed by atoms with Gasteiger partial charge >= 0.3 is 17.6 Å². The summed E-state index contributed by atoms with van der Waals surface area (Å²) in [6, 6.07) is 22.9. The molecule has 0 saturated heterocycles. The van der Waals surface area contributed by atoms with Crippen molar-refractivity contribution in [3.8, 4) is 11.5 Å². The highest BCUT2D eigenvalue weighted by Crippen LogP contribution is 2.22. The van der Waals surface area contributed by atoms with Crippen molar-refractivity contribution in [1.82, 2.24) is 0 Å². The second-order valence-electron chi connectivity index (χ2n) is 6.11. The van der Waals surface area contributed by atoms with E-state index in [0.29, 0.717) is 16.7 Å². The van der Waals surface area contributed by atoms with E-state index in [0.717, 1.165) is 0 Å². The van der Waals surface area contributed by atoms with Crippen molar-refractivity contribution in [2.75, 3.05) is 0 Å². The molecular weight excluding hydrogens is 372 g/mol. The van der Waals surface area contributed by atoms with Crippen molar-refractivity contribution < 1.29 is 23.5 Å². The molecule has 0 bridgehead atoms. The lowest BCUT2D eigenvalue weighted by Crippen LogP contribution is -2.18. The predicted octanol–water partition coefficient (Wildman–Crippen LogP) is 4.23. The Bertz CT molecular complexity index is 1240.